The van der Waals surface area contributed by atoms with Crippen molar-refractivity contribution in [2.45, 2.75) is 0 Å². The fraction of sp³-hybridized carbons (Fsp3) is 0. The lowest BCUT2D eigenvalue weighted by Gasteiger charge is -2.16. The summed E-state index contributed by atoms with van der Waals surface area (Å²) >= 11 is 3.26. The number of hydrogen-bond acceptors (Lipinski definition) is 3. The van der Waals surface area contributed by atoms with E-state index in [4.69, 9.17) is 5.73 Å². The van der Waals surface area contributed by atoms with E-state index in [1.54, 1.807) is 18.2 Å². The van der Waals surface area contributed by atoms with Gasteiger partial charge in [-0.05, 0) is 36.4 Å². The van der Waals surface area contributed by atoms with Crippen LogP contribution in [0.5, 0.6) is 0 Å². The van der Waals surface area contributed by atoms with Crippen molar-refractivity contribution in [2.75, 3.05) is 10.6 Å². The minimum atomic E-state index is -0.523. The summed E-state index contributed by atoms with van der Waals surface area (Å²) in [6.07, 6.45) is 0. The van der Waals surface area contributed by atoms with Crippen molar-refractivity contribution in [2.24, 2.45) is 0 Å². The number of amides is 2. The highest BCUT2D eigenvalue weighted by Crippen LogP contribution is 2.33. The molecule has 6 heteroatoms. The second kappa shape index (κ2) is 4.42. The molecule has 1 heterocycles. The fourth-order valence-corrected chi connectivity index (χ4v) is 2.52. The summed E-state index contributed by atoms with van der Waals surface area (Å²) in [6, 6.07) is 8.39. The van der Waals surface area contributed by atoms with Crippen LogP contribution in [0.1, 0.15) is 20.7 Å². The summed E-state index contributed by atoms with van der Waals surface area (Å²) in [6.45, 7) is 0. The summed E-state index contributed by atoms with van der Waals surface area (Å²) in [4.78, 5) is 25.6. The first kappa shape index (κ1) is 12.8. The minimum absolute atomic E-state index is 0.0403. The number of benzene rings is 2. The number of imide groups is 1. The van der Waals surface area contributed by atoms with Gasteiger partial charge in [-0.1, -0.05) is 15.9 Å². The summed E-state index contributed by atoms with van der Waals surface area (Å²) in [7, 11) is 0. The molecule has 2 aromatic carbocycles. The number of anilines is 2. The molecular formula is C14H8BrFN2O2. The van der Waals surface area contributed by atoms with Crippen LogP contribution in [0, 0.1) is 5.82 Å². The van der Waals surface area contributed by atoms with Gasteiger partial charge in [-0.3, -0.25) is 9.59 Å². The smallest absolute Gasteiger partial charge is 0.266 e. The van der Waals surface area contributed by atoms with Crippen LogP contribution in [0.15, 0.2) is 40.9 Å². The highest BCUT2D eigenvalue weighted by atomic mass is 79.9. The average molecular weight is 335 g/mol. The Labute approximate surface area is 122 Å². The Balaban J connectivity index is 2.14. The molecule has 4 nitrogen and oxygen atoms in total. The lowest BCUT2D eigenvalue weighted by atomic mass is 10.1. The fourth-order valence-electron chi connectivity index (χ4n) is 2.16. The van der Waals surface area contributed by atoms with Crippen molar-refractivity contribution in [3.63, 3.8) is 0 Å². The molecule has 20 heavy (non-hydrogen) atoms. The van der Waals surface area contributed by atoms with Crippen molar-refractivity contribution < 1.29 is 14.0 Å². The second-order valence-electron chi connectivity index (χ2n) is 4.34. The second-order valence-corrected chi connectivity index (χ2v) is 5.25. The van der Waals surface area contributed by atoms with Crippen LogP contribution in [0.2, 0.25) is 0 Å². The van der Waals surface area contributed by atoms with Gasteiger partial charge in [0.25, 0.3) is 11.8 Å². The number of hydrogen-bond donors (Lipinski definition) is 1. The maximum atomic E-state index is 13.1. The molecule has 2 aromatic rings. The Kier molecular flexibility index (Phi) is 2.83. The van der Waals surface area contributed by atoms with Gasteiger partial charge in [0.1, 0.15) is 5.82 Å². The zero-order valence-electron chi connectivity index (χ0n) is 10.1. The molecule has 0 aliphatic carbocycles. The topological polar surface area (TPSA) is 63.4 Å². The van der Waals surface area contributed by atoms with Crippen LogP contribution < -0.4 is 10.6 Å². The maximum Gasteiger partial charge on any atom is 0.266 e. The Hall–Kier alpha value is -2.21. The molecule has 0 aromatic heterocycles. The summed E-state index contributed by atoms with van der Waals surface area (Å²) in [5.74, 6) is -1.45. The first-order valence-corrected chi connectivity index (χ1v) is 6.51. The molecule has 1 aliphatic rings. The molecule has 0 fully saturated rings. The van der Waals surface area contributed by atoms with Gasteiger partial charge in [0.15, 0.2) is 0 Å². The standard InChI is InChI=1S/C14H8BrFN2O2/c15-7-1-3-9-10(5-7)14(20)18(13(9)19)12-4-2-8(16)6-11(12)17/h1-6H,17H2. The van der Waals surface area contributed by atoms with Crippen molar-refractivity contribution >= 4 is 39.1 Å². The molecule has 2 amide bonds. The quantitative estimate of drug-likeness (QED) is 0.644. The lowest BCUT2D eigenvalue weighted by Crippen LogP contribution is -2.30. The number of carbonyl (C=O) groups is 2. The zero-order chi connectivity index (χ0) is 14.4. The van der Waals surface area contributed by atoms with E-state index in [1.807, 2.05) is 0 Å². The lowest BCUT2D eigenvalue weighted by molar-refractivity contribution is 0.0926. The number of carbonyl (C=O) groups excluding carboxylic acids is 2. The highest BCUT2D eigenvalue weighted by Gasteiger charge is 2.37. The van der Waals surface area contributed by atoms with E-state index in [9.17, 15) is 14.0 Å². The van der Waals surface area contributed by atoms with Gasteiger partial charge >= 0.3 is 0 Å². The third kappa shape index (κ3) is 1.80. The number of halogens is 2. The first-order chi connectivity index (χ1) is 9.49. The average Bonchev–Trinajstić information content (AvgIpc) is 2.63. The molecule has 3 rings (SSSR count). The van der Waals surface area contributed by atoms with Crippen LogP contribution in [-0.4, -0.2) is 11.8 Å². The van der Waals surface area contributed by atoms with Crippen LogP contribution in [0.3, 0.4) is 0 Å². The normalized spacial score (nSPS) is 13.8. The van der Waals surface area contributed by atoms with Crippen LogP contribution in [-0.2, 0) is 0 Å². The number of nitrogen functional groups attached to an aromatic ring is 1. The molecule has 1 aliphatic heterocycles. The Morgan fingerprint density at radius 1 is 1.00 bits per heavy atom. The van der Waals surface area contributed by atoms with E-state index in [2.05, 4.69) is 15.9 Å². The highest BCUT2D eigenvalue weighted by molar-refractivity contribution is 9.10. The molecule has 0 unspecified atom stereocenters. The molecule has 0 saturated carbocycles. The van der Waals surface area contributed by atoms with Crippen LogP contribution in [0.25, 0.3) is 0 Å². The number of fused-ring (bicyclic) bond motifs is 1. The van der Waals surface area contributed by atoms with E-state index in [1.165, 1.54) is 6.07 Å². The Morgan fingerprint density at radius 2 is 1.70 bits per heavy atom. The zero-order valence-corrected chi connectivity index (χ0v) is 11.6. The predicted molar refractivity (Wildman–Crippen MR) is 76.1 cm³/mol. The van der Waals surface area contributed by atoms with Crippen molar-refractivity contribution in [3.8, 4) is 0 Å². The Morgan fingerprint density at radius 3 is 2.40 bits per heavy atom. The van der Waals surface area contributed by atoms with E-state index in [-0.39, 0.29) is 11.4 Å². The predicted octanol–water partition coefficient (Wildman–Crippen LogP) is 2.97. The molecule has 2 N–H and O–H groups in total. The van der Waals surface area contributed by atoms with Crippen molar-refractivity contribution in [1.29, 1.82) is 0 Å². The third-order valence-corrected chi connectivity index (χ3v) is 3.57. The number of rotatable bonds is 1. The van der Waals surface area contributed by atoms with E-state index < -0.39 is 17.6 Å². The molecule has 0 radical (unpaired) electrons. The van der Waals surface area contributed by atoms with Gasteiger partial charge in [-0.2, -0.15) is 0 Å². The van der Waals surface area contributed by atoms with E-state index in [0.29, 0.717) is 15.6 Å². The molecule has 100 valence electrons. The largest absolute Gasteiger partial charge is 0.397 e. The molecule has 0 bridgehead atoms. The summed E-state index contributed by atoms with van der Waals surface area (Å²) in [5.41, 5.74) is 6.53. The monoisotopic (exact) mass is 334 g/mol. The summed E-state index contributed by atoms with van der Waals surface area (Å²) < 4.78 is 13.8. The molecule has 0 spiro atoms. The minimum Gasteiger partial charge on any atom is -0.397 e. The van der Waals surface area contributed by atoms with Gasteiger partial charge in [-0.25, -0.2) is 9.29 Å². The third-order valence-electron chi connectivity index (χ3n) is 3.08. The summed E-state index contributed by atoms with van der Waals surface area (Å²) in [5, 5.41) is 0. The van der Waals surface area contributed by atoms with Crippen molar-refractivity contribution in [1.82, 2.24) is 0 Å². The van der Waals surface area contributed by atoms with Gasteiger partial charge < -0.3 is 5.73 Å². The van der Waals surface area contributed by atoms with Gasteiger partial charge in [0.05, 0.1) is 22.5 Å². The number of nitrogens with zero attached hydrogens (tertiary/aromatic N) is 1. The van der Waals surface area contributed by atoms with E-state index in [0.717, 1.165) is 17.0 Å². The Bertz CT molecular complexity index is 761. The number of nitrogens with two attached hydrogens (primary N) is 1. The van der Waals surface area contributed by atoms with Crippen LogP contribution in [0.4, 0.5) is 15.8 Å². The SMILES string of the molecule is Nc1cc(F)ccc1N1C(=O)c2ccc(Br)cc2C1=O. The van der Waals surface area contributed by atoms with Crippen LogP contribution >= 0.6 is 15.9 Å². The van der Waals surface area contributed by atoms with Gasteiger partial charge in [0.2, 0.25) is 0 Å². The molecular weight excluding hydrogens is 327 g/mol. The van der Waals surface area contributed by atoms with E-state index >= 15 is 0 Å². The van der Waals surface area contributed by atoms with Gasteiger partial charge in [-0.15, -0.1) is 0 Å². The van der Waals surface area contributed by atoms with Gasteiger partial charge in [0, 0.05) is 4.47 Å². The molecule has 0 atom stereocenters. The van der Waals surface area contributed by atoms with Crippen molar-refractivity contribution in [3.05, 3.63) is 57.8 Å². The maximum absolute atomic E-state index is 13.1. The molecule has 0 saturated heterocycles. The first-order valence-electron chi connectivity index (χ1n) is 5.72.